The zero-order valence-corrected chi connectivity index (χ0v) is 14.8. The second kappa shape index (κ2) is 6.87. The molecule has 3 rings (SSSR count). The minimum Gasteiger partial charge on any atom is -0.425 e. The van der Waals surface area contributed by atoms with Gasteiger partial charge in [0, 0.05) is 17.4 Å². The fourth-order valence-electron chi connectivity index (χ4n) is 2.74. The van der Waals surface area contributed by atoms with Crippen molar-refractivity contribution in [1.82, 2.24) is 9.78 Å². The topological polar surface area (TPSA) is 94.5 Å². The smallest absolute Gasteiger partial charge is 0.333 e. The summed E-state index contributed by atoms with van der Waals surface area (Å²) in [6, 6.07) is 3.28. The highest BCUT2D eigenvalue weighted by atomic mass is 19.3. The Bertz CT molecular complexity index is 1020. The Labute approximate surface area is 160 Å². The molecule has 1 aliphatic rings. The first-order valence-electron chi connectivity index (χ1n) is 8.01. The Morgan fingerprint density at radius 1 is 1.34 bits per heavy atom. The van der Waals surface area contributed by atoms with Crippen LogP contribution in [0.25, 0.3) is 0 Å². The van der Waals surface area contributed by atoms with Gasteiger partial charge in [0.05, 0.1) is 0 Å². The van der Waals surface area contributed by atoms with Gasteiger partial charge in [-0.15, -0.1) is 0 Å². The lowest BCUT2D eigenvalue weighted by molar-refractivity contribution is -0.0746. The Balaban J connectivity index is 1.97. The summed E-state index contributed by atoms with van der Waals surface area (Å²) in [5, 5.41) is 5.67. The number of amides is 1. The molecule has 29 heavy (non-hydrogen) atoms. The zero-order chi connectivity index (χ0) is 21.6. The predicted octanol–water partition coefficient (Wildman–Crippen LogP) is 3.38. The molecule has 0 bridgehead atoms. The van der Waals surface area contributed by atoms with E-state index in [1.54, 1.807) is 0 Å². The maximum Gasteiger partial charge on any atom is 0.333 e. The summed E-state index contributed by atoms with van der Waals surface area (Å²) in [4.78, 5) is 15.7. The maximum atomic E-state index is 14.7. The molecule has 1 aromatic heterocycles. The summed E-state index contributed by atoms with van der Waals surface area (Å²) in [6.07, 6.45) is 0.891. The normalized spacial score (nSPS) is 20.9. The van der Waals surface area contributed by atoms with Crippen LogP contribution in [0.2, 0.25) is 0 Å². The van der Waals surface area contributed by atoms with E-state index in [2.05, 4.69) is 26.7 Å². The number of aliphatic imine (C=N–C) groups is 1. The second-order valence-electron chi connectivity index (χ2n) is 6.23. The highest BCUT2D eigenvalue weighted by Gasteiger charge is 2.59. The van der Waals surface area contributed by atoms with E-state index < -0.39 is 47.1 Å². The van der Waals surface area contributed by atoms with Crippen molar-refractivity contribution in [3.63, 3.8) is 0 Å². The molecule has 2 heterocycles. The van der Waals surface area contributed by atoms with Crippen LogP contribution < -0.4 is 11.1 Å². The van der Waals surface area contributed by atoms with Gasteiger partial charge in [-0.05, 0) is 31.2 Å². The van der Waals surface area contributed by atoms with Crippen LogP contribution in [0, 0.1) is 5.82 Å². The van der Waals surface area contributed by atoms with Gasteiger partial charge in [0.25, 0.3) is 11.9 Å². The quantitative estimate of drug-likeness (QED) is 0.749. The fourth-order valence-corrected chi connectivity index (χ4v) is 2.74. The number of alkyl halides is 4. The van der Waals surface area contributed by atoms with Crippen molar-refractivity contribution in [3.05, 3.63) is 59.9 Å². The standard InChI is InChI=1S/C17H14F5N5O2/c1-8-17(21,22)16(2,25-15(23)29-8)10-7-9(3-4-11(10)18)24-13(28)12-5-6-27(26-12)14(19)20/h3-7,14H,1H2,2H3,(H2,23,25)(H,24,28)/t16-/m1/s1. The summed E-state index contributed by atoms with van der Waals surface area (Å²) in [5.41, 5.74) is 1.85. The molecule has 0 saturated heterocycles. The molecule has 2 aromatic rings. The van der Waals surface area contributed by atoms with Crippen molar-refractivity contribution < 1.29 is 31.5 Å². The SMILES string of the molecule is C=C1OC(N)=N[C@](C)(c2cc(NC(=O)c3ccn(C(F)F)n3)ccc2F)C1(F)F. The predicted molar refractivity (Wildman–Crippen MR) is 92.0 cm³/mol. The number of rotatable bonds is 4. The van der Waals surface area contributed by atoms with Crippen LogP contribution in [0.4, 0.5) is 27.6 Å². The van der Waals surface area contributed by atoms with Crippen molar-refractivity contribution in [3.8, 4) is 0 Å². The highest BCUT2D eigenvalue weighted by molar-refractivity contribution is 6.02. The average molecular weight is 415 g/mol. The number of halogens is 5. The molecule has 0 spiro atoms. The molecule has 12 heteroatoms. The fraction of sp³-hybridized carbons (Fsp3) is 0.235. The summed E-state index contributed by atoms with van der Waals surface area (Å²) < 4.78 is 73.8. The number of carbonyl (C=O) groups excluding carboxylic acids is 1. The highest BCUT2D eigenvalue weighted by Crippen LogP contribution is 2.48. The molecule has 154 valence electrons. The van der Waals surface area contributed by atoms with Crippen LogP contribution in [-0.4, -0.2) is 27.6 Å². The van der Waals surface area contributed by atoms with E-state index in [0.717, 1.165) is 37.4 Å². The number of hydrogen-bond acceptors (Lipinski definition) is 5. The first-order valence-corrected chi connectivity index (χ1v) is 8.01. The maximum absolute atomic E-state index is 14.7. The van der Waals surface area contributed by atoms with E-state index in [4.69, 9.17) is 5.73 Å². The number of ether oxygens (including phenoxy) is 1. The van der Waals surface area contributed by atoms with E-state index in [9.17, 15) is 26.7 Å². The van der Waals surface area contributed by atoms with Crippen LogP contribution in [0.15, 0.2) is 47.8 Å². The van der Waals surface area contributed by atoms with Crippen LogP contribution in [0.5, 0.6) is 0 Å². The molecule has 1 atom stereocenters. The number of carbonyl (C=O) groups is 1. The molecule has 3 N–H and O–H groups in total. The number of nitrogens with zero attached hydrogens (tertiary/aromatic N) is 3. The van der Waals surface area contributed by atoms with Crippen LogP contribution in [0.3, 0.4) is 0 Å². The first-order chi connectivity index (χ1) is 13.5. The Morgan fingerprint density at radius 3 is 2.66 bits per heavy atom. The number of amidine groups is 1. The van der Waals surface area contributed by atoms with E-state index in [-0.39, 0.29) is 16.1 Å². The van der Waals surface area contributed by atoms with Gasteiger partial charge in [-0.2, -0.15) is 22.7 Å². The van der Waals surface area contributed by atoms with E-state index >= 15 is 0 Å². The number of nitrogens with one attached hydrogen (secondary N) is 1. The zero-order valence-electron chi connectivity index (χ0n) is 14.8. The number of aromatic nitrogens is 2. The monoisotopic (exact) mass is 415 g/mol. The van der Waals surface area contributed by atoms with Crippen molar-refractivity contribution in [2.75, 3.05) is 5.32 Å². The Kier molecular flexibility index (Phi) is 4.81. The number of benzene rings is 1. The molecule has 0 saturated carbocycles. The van der Waals surface area contributed by atoms with Crippen molar-refractivity contribution in [1.29, 1.82) is 0 Å². The third-order valence-electron chi connectivity index (χ3n) is 4.31. The van der Waals surface area contributed by atoms with Gasteiger partial charge < -0.3 is 15.8 Å². The van der Waals surface area contributed by atoms with Gasteiger partial charge in [-0.25, -0.2) is 14.1 Å². The van der Waals surface area contributed by atoms with Crippen molar-refractivity contribution >= 4 is 17.6 Å². The van der Waals surface area contributed by atoms with Crippen LogP contribution in [0.1, 0.15) is 29.5 Å². The summed E-state index contributed by atoms with van der Waals surface area (Å²) in [7, 11) is 0. The molecule has 0 radical (unpaired) electrons. The van der Waals surface area contributed by atoms with Crippen LogP contribution >= 0.6 is 0 Å². The molecule has 0 fully saturated rings. The molecule has 7 nitrogen and oxygen atoms in total. The molecule has 1 amide bonds. The molecule has 0 aliphatic carbocycles. The lowest BCUT2D eigenvalue weighted by atomic mass is 9.84. The van der Waals surface area contributed by atoms with Crippen molar-refractivity contribution in [2.24, 2.45) is 10.7 Å². The van der Waals surface area contributed by atoms with E-state index in [1.165, 1.54) is 0 Å². The molecule has 1 aromatic carbocycles. The number of nitrogens with two attached hydrogens (primary N) is 1. The Hall–Kier alpha value is -3.44. The molecular formula is C17H14F5N5O2. The van der Waals surface area contributed by atoms with E-state index in [0.29, 0.717) is 0 Å². The number of hydrogen-bond donors (Lipinski definition) is 2. The minimum absolute atomic E-state index is 0.0964. The third kappa shape index (κ3) is 3.41. The van der Waals surface area contributed by atoms with Gasteiger partial charge in [0.1, 0.15) is 5.82 Å². The third-order valence-corrected chi connectivity index (χ3v) is 4.31. The average Bonchev–Trinajstić information content (AvgIpc) is 3.12. The summed E-state index contributed by atoms with van der Waals surface area (Å²) in [6.45, 7) is 1.09. The summed E-state index contributed by atoms with van der Waals surface area (Å²) in [5.74, 6) is -6.79. The van der Waals surface area contributed by atoms with Gasteiger partial charge in [-0.3, -0.25) is 4.79 Å². The second-order valence-corrected chi connectivity index (χ2v) is 6.23. The minimum atomic E-state index is -3.82. The van der Waals surface area contributed by atoms with E-state index in [1.807, 2.05) is 0 Å². The summed E-state index contributed by atoms with van der Waals surface area (Å²) >= 11 is 0. The largest absolute Gasteiger partial charge is 0.425 e. The van der Waals surface area contributed by atoms with Gasteiger partial charge in [-0.1, -0.05) is 6.58 Å². The van der Waals surface area contributed by atoms with Gasteiger partial charge in [0.15, 0.2) is 17.0 Å². The van der Waals surface area contributed by atoms with Crippen molar-refractivity contribution in [2.45, 2.75) is 24.9 Å². The molecule has 0 unspecified atom stereocenters. The lowest BCUT2D eigenvalue weighted by Gasteiger charge is -2.38. The molecule has 1 aliphatic heterocycles. The number of anilines is 1. The molecular weight excluding hydrogens is 401 g/mol. The van der Waals surface area contributed by atoms with Gasteiger partial charge >= 0.3 is 12.5 Å². The van der Waals surface area contributed by atoms with Crippen LogP contribution in [-0.2, 0) is 10.3 Å². The first kappa shape index (κ1) is 20.3. The lowest BCUT2D eigenvalue weighted by Crippen LogP contribution is -2.49. The van der Waals surface area contributed by atoms with Gasteiger partial charge in [0.2, 0.25) is 0 Å². The Morgan fingerprint density at radius 2 is 2.03 bits per heavy atom.